The van der Waals surface area contributed by atoms with E-state index in [-0.39, 0.29) is 4.86 Å². The third-order valence-electron chi connectivity index (χ3n) is 2.99. The fourth-order valence-corrected chi connectivity index (χ4v) is 3.86. The lowest BCUT2D eigenvalue weighted by Crippen LogP contribution is -1.98. The molecule has 0 radical (unpaired) electrons. The molecule has 0 aliphatic rings. The van der Waals surface area contributed by atoms with Crippen molar-refractivity contribution in [2.24, 2.45) is 0 Å². The van der Waals surface area contributed by atoms with E-state index in [0.717, 1.165) is 17.1 Å². The molecule has 2 nitrogen and oxygen atoms in total. The predicted octanol–water partition coefficient (Wildman–Crippen LogP) is 4.43. The highest BCUT2D eigenvalue weighted by molar-refractivity contribution is 8.16. The second-order valence-corrected chi connectivity index (χ2v) is 6.84. The van der Waals surface area contributed by atoms with Gasteiger partial charge in [0, 0.05) is 9.92 Å². The zero-order chi connectivity index (χ0) is 15.1. The van der Waals surface area contributed by atoms with Crippen LogP contribution in [0.3, 0.4) is 0 Å². The maximum absolute atomic E-state index is 9.18. The Bertz CT molecular complexity index is 706. The van der Waals surface area contributed by atoms with Crippen LogP contribution in [0.25, 0.3) is 0 Å². The van der Waals surface area contributed by atoms with Crippen LogP contribution < -0.4 is 0 Å². The minimum Gasteiger partial charge on any atom is -0.191 e. The maximum Gasteiger partial charge on any atom is 0.157 e. The van der Waals surface area contributed by atoms with E-state index >= 15 is 0 Å². The Labute approximate surface area is 132 Å². The third kappa shape index (κ3) is 4.20. The molecular formula is C17H13ClN2S. The molecule has 1 unspecified atom stereocenters. The van der Waals surface area contributed by atoms with E-state index in [1.807, 2.05) is 42.5 Å². The Morgan fingerprint density at radius 1 is 0.952 bits per heavy atom. The molecular weight excluding hydrogens is 300 g/mol. The molecule has 0 bridgehead atoms. The summed E-state index contributed by atoms with van der Waals surface area (Å²) in [7, 11) is -0.499. The summed E-state index contributed by atoms with van der Waals surface area (Å²) < 4.78 is 0. The SMILES string of the molecule is N#CC(C#N)=S(CCc1ccccc1)c1ccc(Cl)cc1. The molecule has 2 rings (SSSR count). The van der Waals surface area contributed by atoms with Crippen LogP contribution in [0.4, 0.5) is 0 Å². The van der Waals surface area contributed by atoms with Crippen LogP contribution in [0.5, 0.6) is 0 Å². The van der Waals surface area contributed by atoms with Crippen molar-refractivity contribution in [1.29, 1.82) is 10.5 Å². The van der Waals surface area contributed by atoms with Crippen molar-refractivity contribution in [2.75, 3.05) is 5.75 Å². The van der Waals surface area contributed by atoms with Gasteiger partial charge in [-0.2, -0.15) is 10.5 Å². The van der Waals surface area contributed by atoms with Gasteiger partial charge in [0.05, 0.1) is 0 Å². The number of aryl methyl sites for hydroxylation is 1. The van der Waals surface area contributed by atoms with E-state index in [9.17, 15) is 10.5 Å². The summed E-state index contributed by atoms with van der Waals surface area (Å²) in [4.78, 5) is 1.25. The van der Waals surface area contributed by atoms with Crippen molar-refractivity contribution >= 4 is 26.9 Å². The van der Waals surface area contributed by atoms with Gasteiger partial charge in [-0.3, -0.25) is 0 Å². The summed E-state index contributed by atoms with van der Waals surface area (Å²) in [5, 5.41) is 19.0. The standard InChI is InChI=1S/C17H13ClN2S/c18-15-6-8-16(9-7-15)21(17(12-19)13-20)11-10-14-4-2-1-3-5-14/h1-9H,10-11H2. The molecule has 0 fully saturated rings. The van der Waals surface area contributed by atoms with Gasteiger partial charge < -0.3 is 0 Å². The normalized spacial score (nSPS) is 11.2. The largest absolute Gasteiger partial charge is 0.191 e. The fraction of sp³-hybridized carbons (Fsp3) is 0.118. The molecule has 2 aromatic rings. The molecule has 0 amide bonds. The van der Waals surface area contributed by atoms with Gasteiger partial charge in [0.2, 0.25) is 0 Å². The average Bonchev–Trinajstić information content (AvgIpc) is 2.53. The van der Waals surface area contributed by atoms with Gasteiger partial charge in [-0.15, -0.1) is 10.5 Å². The first-order chi connectivity index (χ1) is 10.2. The number of halogens is 1. The zero-order valence-corrected chi connectivity index (χ0v) is 12.9. The summed E-state index contributed by atoms with van der Waals surface area (Å²) in [5.74, 6) is 0.752. The smallest absolute Gasteiger partial charge is 0.157 e. The number of nitrogens with zero attached hydrogens (tertiary/aromatic N) is 2. The van der Waals surface area contributed by atoms with Crippen molar-refractivity contribution in [3.8, 4) is 12.1 Å². The summed E-state index contributed by atoms with van der Waals surface area (Å²) in [6.45, 7) is 0. The average molecular weight is 313 g/mol. The van der Waals surface area contributed by atoms with Crippen LogP contribution >= 0.6 is 22.1 Å². The minimum atomic E-state index is -0.499. The van der Waals surface area contributed by atoms with Crippen molar-refractivity contribution < 1.29 is 0 Å². The van der Waals surface area contributed by atoms with E-state index in [2.05, 4.69) is 12.1 Å². The molecule has 0 aromatic heterocycles. The number of benzene rings is 2. The van der Waals surface area contributed by atoms with Crippen LogP contribution in [-0.2, 0) is 6.42 Å². The van der Waals surface area contributed by atoms with Gasteiger partial charge >= 0.3 is 0 Å². The number of hydrogen-bond donors (Lipinski definition) is 0. The summed E-state index contributed by atoms with van der Waals surface area (Å²) in [6.07, 6.45) is 0.833. The van der Waals surface area contributed by atoms with Gasteiger partial charge in [0.25, 0.3) is 0 Å². The van der Waals surface area contributed by atoms with Gasteiger partial charge in [0.15, 0.2) is 4.86 Å². The zero-order valence-electron chi connectivity index (χ0n) is 11.3. The lowest BCUT2D eigenvalue weighted by molar-refractivity contribution is 1.15. The Hall–Kier alpha value is -2.07. The van der Waals surface area contributed by atoms with E-state index in [1.165, 1.54) is 5.56 Å². The summed E-state index contributed by atoms with van der Waals surface area (Å²) >= 11 is 5.90. The Balaban J connectivity index is 2.31. The summed E-state index contributed by atoms with van der Waals surface area (Å²) in [6, 6.07) is 21.5. The second kappa shape index (κ2) is 7.64. The molecule has 0 saturated heterocycles. The third-order valence-corrected chi connectivity index (χ3v) is 5.37. The lowest BCUT2D eigenvalue weighted by Gasteiger charge is -2.10. The Morgan fingerprint density at radius 3 is 2.14 bits per heavy atom. The lowest BCUT2D eigenvalue weighted by atomic mass is 10.2. The molecule has 4 heteroatoms. The Morgan fingerprint density at radius 2 is 1.57 bits per heavy atom. The van der Waals surface area contributed by atoms with Gasteiger partial charge in [0.1, 0.15) is 12.1 Å². The number of hydrogen-bond acceptors (Lipinski definition) is 2. The van der Waals surface area contributed by atoms with Crippen molar-refractivity contribution in [2.45, 2.75) is 11.3 Å². The van der Waals surface area contributed by atoms with Crippen LogP contribution in [0.1, 0.15) is 5.56 Å². The number of nitriles is 2. The Kier molecular flexibility index (Phi) is 5.58. The maximum atomic E-state index is 9.18. The van der Waals surface area contributed by atoms with Gasteiger partial charge in [-0.05, 0) is 42.0 Å². The van der Waals surface area contributed by atoms with E-state index in [4.69, 9.17) is 11.6 Å². The number of rotatable bonds is 4. The predicted molar refractivity (Wildman–Crippen MR) is 88.6 cm³/mol. The highest BCUT2D eigenvalue weighted by atomic mass is 35.5. The highest BCUT2D eigenvalue weighted by Crippen LogP contribution is 2.30. The monoisotopic (exact) mass is 312 g/mol. The molecule has 0 aliphatic carbocycles. The van der Waals surface area contributed by atoms with Crippen LogP contribution in [-0.4, -0.2) is 10.6 Å². The quantitative estimate of drug-likeness (QED) is 0.784. The molecule has 21 heavy (non-hydrogen) atoms. The van der Waals surface area contributed by atoms with Gasteiger partial charge in [-0.1, -0.05) is 41.9 Å². The molecule has 0 saturated carbocycles. The topological polar surface area (TPSA) is 47.6 Å². The van der Waals surface area contributed by atoms with Crippen LogP contribution in [0.15, 0.2) is 59.5 Å². The first-order valence-electron chi connectivity index (χ1n) is 6.42. The van der Waals surface area contributed by atoms with Crippen LogP contribution in [0, 0.1) is 22.7 Å². The molecule has 0 N–H and O–H groups in total. The van der Waals surface area contributed by atoms with E-state index in [0.29, 0.717) is 5.02 Å². The van der Waals surface area contributed by atoms with E-state index < -0.39 is 10.5 Å². The minimum absolute atomic E-state index is 0.272. The van der Waals surface area contributed by atoms with Crippen molar-refractivity contribution in [3.63, 3.8) is 0 Å². The van der Waals surface area contributed by atoms with Crippen LogP contribution in [0.2, 0.25) is 5.02 Å². The summed E-state index contributed by atoms with van der Waals surface area (Å²) in [5.41, 5.74) is 1.21. The molecule has 2 aromatic carbocycles. The first kappa shape index (κ1) is 15.3. The molecule has 0 spiro atoms. The first-order valence-corrected chi connectivity index (χ1v) is 8.19. The van der Waals surface area contributed by atoms with E-state index in [1.54, 1.807) is 12.1 Å². The molecule has 0 aliphatic heterocycles. The highest BCUT2D eigenvalue weighted by Gasteiger charge is 2.08. The molecule has 1 atom stereocenters. The fourth-order valence-electron chi connectivity index (χ4n) is 1.94. The second-order valence-electron chi connectivity index (χ2n) is 4.34. The van der Waals surface area contributed by atoms with Crippen molar-refractivity contribution in [1.82, 2.24) is 0 Å². The molecule has 0 heterocycles. The van der Waals surface area contributed by atoms with Gasteiger partial charge in [-0.25, -0.2) is 0 Å². The van der Waals surface area contributed by atoms with Crippen molar-refractivity contribution in [3.05, 3.63) is 65.2 Å². The molecule has 104 valence electrons.